The number of carbonyl (C=O) groups is 1. The summed E-state index contributed by atoms with van der Waals surface area (Å²) < 4.78 is 0. The van der Waals surface area contributed by atoms with Crippen LogP contribution in [0.25, 0.3) is 0 Å². The number of halogens is 3. The van der Waals surface area contributed by atoms with Crippen molar-refractivity contribution in [1.29, 1.82) is 0 Å². The van der Waals surface area contributed by atoms with Crippen LogP contribution in [0.4, 0.5) is 0 Å². The average Bonchev–Trinajstić information content (AvgIpc) is 2.63. The minimum Gasteiger partial charge on any atom is -0.341 e. The third-order valence-corrected chi connectivity index (χ3v) is 4.78. The van der Waals surface area contributed by atoms with Crippen molar-refractivity contribution < 1.29 is 4.79 Å². The van der Waals surface area contributed by atoms with Crippen LogP contribution in [0.2, 0.25) is 15.1 Å². The molecule has 1 N–H and O–H groups in total. The van der Waals surface area contributed by atoms with Gasteiger partial charge in [-0.2, -0.15) is 0 Å². The van der Waals surface area contributed by atoms with Gasteiger partial charge in [0.2, 0.25) is 0 Å². The van der Waals surface area contributed by atoms with E-state index in [1.165, 1.54) is 0 Å². The SMILES string of the molecule is O=C(NC(c1ccccc1)c1ccc(Cl)cc1)c1ccc(Cl)c(Cl)c1. The van der Waals surface area contributed by atoms with Gasteiger partial charge in [0.1, 0.15) is 0 Å². The van der Waals surface area contributed by atoms with Gasteiger partial charge in [-0.05, 0) is 41.5 Å². The van der Waals surface area contributed by atoms with Crippen molar-refractivity contribution in [1.82, 2.24) is 5.32 Å². The Hall–Kier alpha value is -2.00. The maximum absolute atomic E-state index is 12.7. The van der Waals surface area contributed by atoms with Crippen molar-refractivity contribution >= 4 is 40.7 Å². The summed E-state index contributed by atoms with van der Waals surface area (Å²) in [7, 11) is 0. The Kier molecular flexibility index (Phi) is 5.64. The average molecular weight is 391 g/mol. The Labute approximate surface area is 161 Å². The van der Waals surface area contributed by atoms with Crippen LogP contribution in [0, 0.1) is 0 Å². The van der Waals surface area contributed by atoms with Crippen molar-refractivity contribution in [2.45, 2.75) is 6.04 Å². The molecule has 0 fully saturated rings. The van der Waals surface area contributed by atoms with Crippen molar-refractivity contribution in [3.05, 3.63) is 105 Å². The van der Waals surface area contributed by atoms with Crippen LogP contribution in [0.3, 0.4) is 0 Å². The molecule has 0 bridgehead atoms. The monoisotopic (exact) mass is 389 g/mol. The fourth-order valence-corrected chi connectivity index (χ4v) is 2.94. The van der Waals surface area contributed by atoms with Crippen molar-refractivity contribution in [3.8, 4) is 0 Å². The third-order valence-electron chi connectivity index (χ3n) is 3.79. The lowest BCUT2D eigenvalue weighted by Crippen LogP contribution is -2.29. The molecule has 5 heteroatoms. The molecule has 3 aromatic rings. The highest BCUT2D eigenvalue weighted by Crippen LogP contribution is 2.26. The second-order valence-corrected chi connectivity index (χ2v) is 6.75. The highest BCUT2D eigenvalue weighted by atomic mass is 35.5. The summed E-state index contributed by atoms with van der Waals surface area (Å²) in [4.78, 5) is 12.7. The minimum absolute atomic E-state index is 0.234. The molecule has 1 atom stereocenters. The summed E-state index contributed by atoms with van der Waals surface area (Å²) >= 11 is 17.9. The van der Waals surface area contributed by atoms with Gasteiger partial charge < -0.3 is 5.32 Å². The molecule has 1 unspecified atom stereocenters. The molecule has 1 amide bonds. The van der Waals surface area contributed by atoms with Crippen LogP contribution < -0.4 is 5.32 Å². The van der Waals surface area contributed by atoms with E-state index in [2.05, 4.69) is 5.32 Å². The van der Waals surface area contributed by atoms with Crippen LogP contribution in [-0.4, -0.2) is 5.91 Å². The summed E-state index contributed by atoms with van der Waals surface area (Å²) in [5.74, 6) is -0.234. The van der Waals surface area contributed by atoms with E-state index >= 15 is 0 Å². The van der Waals surface area contributed by atoms with Crippen molar-refractivity contribution in [3.63, 3.8) is 0 Å². The highest BCUT2D eigenvalue weighted by Gasteiger charge is 2.18. The maximum atomic E-state index is 12.7. The van der Waals surface area contributed by atoms with E-state index in [9.17, 15) is 4.79 Å². The number of hydrogen-bond acceptors (Lipinski definition) is 1. The first-order valence-electron chi connectivity index (χ1n) is 7.61. The minimum atomic E-state index is -0.305. The van der Waals surface area contributed by atoms with Gasteiger partial charge in [0.05, 0.1) is 16.1 Å². The van der Waals surface area contributed by atoms with E-state index in [1.807, 2.05) is 42.5 Å². The molecule has 3 rings (SSSR count). The van der Waals surface area contributed by atoms with E-state index in [-0.39, 0.29) is 11.9 Å². The zero-order valence-electron chi connectivity index (χ0n) is 13.0. The molecule has 0 saturated heterocycles. The topological polar surface area (TPSA) is 29.1 Å². The number of amides is 1. The van der Waals surface area contributed by atoms with Crippen LogP contribution in [-0.2, 0) is 0 Å². The fraction of sp³-hybridized carbons (Fsp3) is 0.0500. The number of rotatable bonds is 4. The van der Waals surface area contributed by atoms with Gasteiger partial charge in [-0.15, -0.1) is 0 Å². The summed E-state index contributed by atoms with van der Waals surface area (Å²) in [5.41, 5.74) is 2.35. The predicted octanol–water partition coefficient (Wildman–Crippen LogP) is 6.17. The second-order valence-electron chi connectivity index (χ2n) is 5.50. The molecular formula is C20H14Cl3NO. The first kappa shape index (κ1) is 17.8. The van der Waals surface area contributed by atoms with Crippen molar-refractivity contribution in [2.75, 3.05) is 0 Å². The fourth-order valence-electron chi connectivity index (χ4n) is 2.51. The lowest BCUT2D eigenvalue weighted by molar-refractivity contribution is 0.0943. The van der Waals surface area contributed by atoms with Crippen LogP contribution >= 0.6 is 34.8 Å². The first-order chi connectivity index (χ1) is 12.0. The second kappa shape index (κ2) is 7.92. The molecule has 0 aliphatic rings. The number of benzene rings is 3. The molecular weight excluding hydrogens is 377 g/mol. The first-order valence-corrected chi connectivity index (χ1v) is 8.74. The van der Waals surface area contributed by atoms with Crippen LogP contribution in [0.15, 0.2) is 72.8 Å². The van der Waals surface area contributed by atoms with Crippen molar-refractivity contribution in [2.24, 2.45) is 0 Å². The zero-order chi connectivity index (χ0) is 17.8. The van der Waals surface area contributed by atoms with Gasteiger partial charge in [0.25, 0.3) is 5.91 Å². The lowest BCUT2D eigenvalue weighted by Gasteiger charge is -2.20. The Morgan fingerprint density at radius 2 is 1.40 bits per heavy atom. The van der Waals surface area contributed by atoms with Gasteiger partial charge in [-0.25, -0.2) is 0 Å². The van der Waals surface area contributed by atoms with E-state index < -0.39 is 0 Å². The standard InChI is InChI=1S/C20H14Cl3NO/c21-16-9-6-14(7-10-16)19(13-4-2-1-3-5-13)24-20(25)15-8-11-17(22)18(23)12-15/h1-12,19H,(H,24,25). The zero-order valence-corrected chi connectivity index (χ0v) is 15.3. The largest absolute Gasteiger partial charge is 0.341 e. The molecule has 0 radical (unpaired) electrons. The predicted molar refractivity (Wildman–Crippen MR) is 104 cm³/mol. The Balaban J connectivity index is 1.93. The van der Waals surface area contributed by atoms with Crippen LogP contribution in [0.5, 0.6) is 0 Å². The number of hydrogen-bond donors (Lipinski definition) is 1. The highest BCUT2D eigenvalue weighted by molar-refractivity contribution is 6.42. The van der Waals surface area contributed by atoms with E-state index in [0.717, 1.165) is 11.1 Å². The van der Waals surface area contributed by atoms with Gasteiger partial charge in [-0.3, -0.25) is 4.79 Å². The lowest BCUT2D eigenvalue weighted by atomic mass is 9.98. The summed E-state index contributed by atoms with van der Waals surface area (Å²) in [6.07, 6.45) is 0. The number of carbonyl (C=O) groups excluding carboxylic acids is 1. The van der Waals surface area contributed by atoms with Gasteiger partial charge in [0.15, 0.2) is 0 Å². The van der Waals surface area contributed by atoms with E-state index in [1.54, 1.807) is 30.3 Å². The Morgan fingerprint density at radius 3 is 2.04 bits per heavy atom. The summed E-state index contributed by atoms with van der Waals surface area (Å²) in [5, 5.41) is 4.45. The molecule has 25 heavy (non-hydrogen) atoms. The van der Waals surface area contributed by atoms with Crippen LogP contribution in [0.1, 0.15) is 27.5 Å². The summed E-state index contributed by atoms with van der Waals surface area (Å²) in [6, 6.07) is 21.6. The smallest absolute Gasteiger partial charge is 0.252 e. The normalized spacial score (nSPS) is 11.8. The molecule has 0 aromatic heterocycles. The molecule has 2 nitrogen and oxygen atoms in total. The quantitative estimate of drug-likeness (QED) is 0.567. The van der Waals surface area contributed by atoms with E-state index in [0.29, 0.717) is 20.6 Å². The summed E-state index contributed by atoms with van der Waals surface area (Å²) in [6.45, 7) is 0. The molecule has 0 aliphatic carbocycles. The number of nitrogens with one attached hydrogen (secondary N) is 1. The molecule has 0 heterocycles. The van der Waals surface area contributed by atoms with E-state index in [4.69, 9.17) is 34.8 Å². The van der Waals surface area contributed by atoms with Gasteiger partial charge in [0, 0.05) is 10.6 Å². The molecule has 3 aromatic carbocycles. The van der Waals surface area contributed by atoms with Gasteiger partial charge >= 0.3 is 0 Å². The Bertz CT molecular complexity index is 879. The maximum Gasteiger partial charge on any atom is 0.252 e. The molecule has 0 spiro atoms. The van der Waals surface area contributed by atoms with Gasteiger partial charge in [-0.1, -0.05) is 77.3 Å². The molecule has 0 saturated carbocycles. The molecule has 126 valence electrons. The third kappa shape index (κ3) is 4.35. The molecule has 0 aliphatic heterocycles. The Morgan fingerprint density at radius 1 is 0.760 bits per heavy atom.